The molecule has 116 valence electrons. The van der Waals surface area contributed by atoms with Gasteiger partial charge in [-0.25, -0.2) is 4.79 Å². The summed E-state index contributed by atoms with van der Waals surface area (Å²) in [7, 11) is 1.41. The fourth-order valence-corrected chi connectivity index (χ4v) is 3.69. The van der Waals surface area contributed by atoms with Crippen LogP contribution in [0.1, 0.15) is 23.8 Å². The van der Waals surface area contributed by atoms with Crippen LogP contribution in [0.4, 0.5) is 0 Å². The van der Waals surface area contributed by atoms with E-state index in [9.17, 15) is 14.4 Å². The minimum absolute atomic E-state index is 0.0329. The maximum atomic E-state index is 12.6. The van der Waals surface area contributed by atoms with Crippen LogP contribution in [0.3, 0.4) is 0 Å². The Morgan fingerprint density at radius 2 is 2.18 bits per heavy atom. The molecule has 0 N–H and O–H groups in total. The van der Waals surface area contributed by atoms with E-state index in [0.29, 0.717) is 6.54 Å². The van der Waals surface area contributed by atoms with Gasteiger partial charge in [-0.05, 0) is 24.3 Å². The zero-order chi connectivity index (χ0) is 15.7. The minimum atomic E-state index is -0.465. The van der Waals surface area contributed by atoms with Crippen LogP contribution in [0.2, 0.25) is 0 Å². The molecule has 1 unspecified atom stereocenters. The highest BCUT2D eigenvalue weighted by atomic mass is 32.1. The molecule has 1 fully saturated rings. The van der Waals surface area contributed by atoms with Gasteiger partial charge in [-0.2, -0.15) is 0 Å². The number of thiophene rings is 1. The summed E-state index contributed by atoms with van der Waals surface area (Å²) in [5.74, 6) is -0.0864. The second-order valence-electron chi connectivity index (χ2n) is 5.38. The number of likely N-dealkylation sites (tertiary alicyclic amines) is 1. The zero-order valence-electron chi connectivity index (χ0n) is 12.3. The summed E-state index contributed by atoms with van der Waals surface area (Å²) in [5, 5.41) is 2.01. The van der Waals surface area contributed by atoms with E-state index >= 15 is 0 Å². The highest BCUT2D eigenvalue weighted by Gasteiger charge is 2.30. The summed E-state index contributed by atoms with van der Waals surface area (Å²) < 4.78 is 2.29. The van der Waals surface area contributed by atoms with Crippen molar-refractivity contribution in [2.75, 3.05) is 6.54 Å². The van der Waals surface area contributed by atoms with E-state index in [2.05, 4.69) is 0 Å². The van der Waals surface area contributed by atoms with E-state index in [1.165, 1.54) is 28.8 Å². The molecule has 0 aromatic carbocycles. The molecule has 0 aliphatic carbocycles. The summed E-state index contributed by atoms with van der Waals surface area (Å²) in [4.78, 5) is 39.0. The molecule has 3 heterocycles. The SMILES string of the molecule is Cn1c(=O)ccn(CC(=O)N2CCCC2c2cccs2)c1=O. The van der Waals surface area contributed by atoms with Gasteiger partial charge in [0.25, 0.3) is 5.56 Å². The lowest BCUT2D eigenvalue weighted by Gasteiger charge is -2.24. The van der Waals surface area contributed by atoms with Gasteiger partial charge in [-0.3, -0.25) is 18.7 Å². The molecular formula is C15H17N3O3S. The van der Waals surface area contributed by atoms with Crippen LogP contribution >= 0.6 is 11.3 Å². The van der Waals surface area contributed by atoms with Crippen molar-refractivity contribution in [1.82, 2.24) is 14.0 Å². The minimum Gasteiger partial charge on any atom is -0.333 e. The smallest absolute Gasteiger partial charge is 0.331 e. The summed E-state index contributed by atoms with van der Waals surface area (Å²) >= 11 is 1.65. The normalized spacial score (nSPS) is 17.9. The fourth-order valence-electron chi connectivity index (χ4n) is 2.82. The van der Waals surface area contributed by atoms with Crippen LogP contribution in [-0.4, -0.2) is 26.5 Å². The van der Waals surface area contributed by atoms with Gasteiger partial charge in [-0.1, -0.05) is 6.07 Å². The largest absolute Gasteiger partial charge is 0.333 e. The van der Waals surface area contributed by atoms with Crippen LogP contribution in [0.5, 0.6) is 0 Å². The molecule has 0 spiro atoms. The number of carbonyl (C=O) groups excluding carboxylic acids is 1. The second-order valence-corrected chi connectivity index (χ2v) is 6.36. The van der Waals surface area contributed by atoms with Gasteiger partial charge < -0.3 is 4.90 Å². The van der Waals surface area contributed by atoms with Crippen LogP contribution in [0, 0.1) is 0 Å². The van der Waals surface area contributed by atoms with Gasteiger partial charge in [0.05, 0.1) is 6.04 Å². The summed E-state index contributed by atoms with van der Waals surface area (Å²) in [5.41, 5.74) is -0.834. The van der Waals surface area contributed by atoms with Crippen molar-refractivity contribution < 1.29 is 4.79 Å². The van der Waals surface area contributed by atoms with Crippen LogP contribution in [0.25, 0.3) is 0 Å². The van der Waals surface area contributed by atoms with E-state index in [1.807, 2.05) is 22.4 Å². The van der Waals surface area contributed by atoms with Gasteiger partial charge in [0, 0.05) is 30.7 Å². The van der Waals surface area contributed by atoms with Gasteiger partial charge in [-0.15, -0.1) is 11.3 Å². The molecule has 1 aliphatic heterocycles. The van der Waals surface area contributed by atoms with Gasteiger partial charge >= 0.3 is 5.69 Å². The zero-order valence-corrected chi connectivity index (χ0v) is 13.1. The molecule has 2 aromatic rings. The van der Waals surface area contributed by atoms with Crippen molar-refractivity contribution in [2.24, 2.45) is 7.05 Å². The third kappa shape index (κ3) is 2.64. The third-order valence-corrected chi connectivity index (χ3v) is 4.98. The summed E-state index contributed by atoms with van der Waals surface area (Å²) in [6.07, 6.45) is 3.31. The molecular weight excluding hydrogens is 302 g/mol. The lowest BCUT2D eigenvalue weighted by molar-refractivity contribution is -0.132. The Morgan fingerprint density at radius 3 is 2.91 bits per heavy atom. The van der Waals surface area contributed by atoms with E-state index in [-0.39, 0.29) is 24.1 Å². The Morgan fingerprint density at radius 1 is 1.36 bits per heavy atom. The molecule has 1 aliphatic rings. The highest BCUT2D eigenvalue weighted by Crippen LogP contribution is 2.34. The van der Waals surface area contributed by atoms with Crippen LogP contribution in [0.15, 0.2) is 39.4 Å². The number of nitrogens with zero attached hydrogens (tertiary/aromatic N) is 3. The number of hydrogen-bond acceptors (Lipinski definition) is 4. The Hall–Kier alpha value is -2.15. The first-order valence-corrected chi connectivity index (χ1v) is 8.05. The number of hydrogen-bond donors (Lipinski definition) is 0. The molecule has 1 atom stereocenters. The molecule has 22 heavy (non-hydrogen) atoms. The summed E-state index contributed by atoms with van der Waals surface area (Å²) in [6.45, 7) is 0.677. The molecule has 2 aromatic heterocycles. The first kappa shape index (κ1) is 14.8. The van der Waals surface area contributed by atoms with Crippen molar-refractivity contribution in [2.45, 2.75) is 25.4 Å². The quantitative estimate of drug-likeness (QED) is 0.847. The second kappa shape index (κ2) is 5.92. The molecule has 0 radical (unpaired) electrons. The molecule has 7 heteroatoms. The van der Waals surface area contributed by atoms with E-state index in [4.69, 9.17) is 0 Å². The predicted molar refractivity (Wildman–Crippen MR) is 84.0 cm³/mol. The molecule has 3 rings (SSSR count). The number of rotatable bonds is 3. The number of carbonyl (C=O) groups is 1. The highest BCUT2D eigenvalue weighted by molar-refractivity contribution is 7.10. The third-order valence-electron chi connectivity index (χ3n) is 4.01. The van der Waals surface area contributed by atoms with E-state index < -0.39 is 5.69 Å². The van der Waals surface area contributed by atoms with Crippen LogP contribution < -0.4 is 11.2 Å². The Bertz CT molecular complexity index is 791. The molecule has 1 saturated heterocycles. The van der Waals surface area contributed by atoms with Gasteiger partial charge in [0.2, 0.25) is 5.91 Å². The monoisotopic (exact) mass is 319 g/mol. The first-order chi connectivity index (χ1) is 10.6. The average Bonchev–Trinajstić information content (AvgIpc) is 3.17. The maximum absolute atomic E-state index is 12.6. The molecule has 6 nitrogen and oxygen atoms in total. The Balaban J connectivity index is 1.81. The van der Waals surface area contributed by atoms with E-state index in [0.717, 1.165) is 17.4 Å². The fraction of sp³-hybridized carbons (Fsp3) is 0.400. The van der Waals surface area contributed by atoms with Crippen molar-refractivity contribution in [1.29, 1.82) is 0 Å². The first-order valence-electron chi connectivity index (χ1n) is 7.17. The summed E-state index contributed by atoms with van der Waals surface area (Å²) in [6, 6.07) is 5.43. The number of amides is 1. The Kier molecular flexibility index (Phi) is 3.98. The lowest BCUT2D eigenvalue weighted by Crippen LogP contribution is -2.41. The van der Waals surface area contributed by atoms with Crippen molar-refractivity contribution in [3.63, 3.8) is 0 Å². The lowest BCUT2D eigenvalue weighted by atomic mass is 10.2. The van der Waals surface area contributed by atoms with Crippen LogP contribution in [-0.2, 0) is 18.4 Å². The Labute approximate surface area is 131 Å². The van der Waals surface area contributed by atoms with Gasteiger partial charge in [0.15, 0.2) is 0 Å². The predicted octanol–water partition coefficient (Wildman–Crippen LogP) is 0.972. The average molecular weight is 319 g/mol. The van der Waals surface area contributed by atoms with Crippen molar-refractivity contribution >= 4 is 17.2 Å². The van der Waals surface area contributed by atoms with Crippen molar-refractivity contribution in [3.05, 3.63) is 55.5 Å². The number of aromatic nitrogens is 2. The molecule has 0 saturated carbocycles. The van der Waals surface area contributed by atoms with E-state index in [1.54, 1.807) is 11.3 Å². The van der Waals surface area contributed by atoms with Gasteiger partial charge in [0.1, 0.15) is 6.54 Å². The topological polar surface area (TPSA) is 64.3 Å². The maximum Gasteiger partial charge on any atom is 0.331 e. The standard InChI is InChI=1S/C15H17N3O3S/c1-16-13(19)6-8-17(15(16)21)10-14(20)18-7-2-4-11(18)12-5-3-9-22-12/h3,5-6,8-9,11H,2,4,7,10H2,1H3. The molecule has 0 bridgehead atoms. The molecule has 1 amide bonds. The van der Waals surface area contributed by atoms with Crippen molar-refractivity contribution in [3.8, 4) is 0 Å².